The van der Waals surface area contributed by atoms with E-state index in [-0.39, 0.29) is 17.8 Å². The summed E-state index contributed by atoms with van der Waals surface area (Å²) >= 11 is 0. The number of morpholine rings is 1. The molecule has 4 heteroatoms. The van der Waals surface area contributed by atoms with E-state index < -0.39 is 0 Å². The van der Waals surface area contributed by atoms with Crippen LogP contribution in [0.25, 0.3) is 0 Å². The highest BCUT2D eigenvalue weighted by atomic mass is 19.1. The molecular formula is C21H24FNO2. The van der Waals surface area contributed by atoms with Crippen LogP contribution < -0.4 is 0 Å². The molecule has 3 rings (SSSR count). The number of rotatable bonds is 4. The Morgan fingerprint density at radius 2 is 1.96 bits per heavy atom. The zero-order valence-electron chi connectivity index (χ0n) is 14.8. The Bertz CT molecular complexity index is 742. The van der Waals surface area contributed by atoms with Crippen molar-refractivity contribution in [1.29, 1.82) is 0 Å². The predicted molar refractivity (Wildman–Crippen MR) is 95.9 cm³/mol. The Hall–Kier alpha value is -2.20. The van der Waals surface area contributed by atoms with Gasteiger partial charge in [0.2, 0.25) is 5.91 Å². The monoisotopic (exact) mass is 341 g/mol. The van der Waals surface area contributed by atoms with Crippen LogP contribution in [0.2, 0.25) is 0 Å². The van der Waals surface area contributed by atoms with Gasteiger partial charge in [-0.2, -0.15) is 0 Å². The highest BCUT2D eigenvalue weighted by Gasteiger charge is 2.25. The van der Waals surface area contributed by atoms with Crippen molar-refractivity contribution in [3.63, 3.8) is 0 Å². The summed E-state index contributed by atoms with van der Waals surface area (Å²) in [6, 6.07) is 12.7. The third-order valence-corrected chi connectivity index (χ3v) is 4.77. The normalized spacial score (nSPS) is 17.6. The van der Waals surface area contributed by atoms with Gasteiger partial charge in [0.15, 0.2) is 0 Å². The first-order valence-corrected chi connectivity index (χ1v) is 8.74. The standard InChI is InChI=1S/C21H24FNO2/c1-15-3-4-17(16(2)13-15)7-10-21(24)23-11-12-25-20(14-23)18-5-8-19(22)9-6-18/h3-6,8-9,13,20H,7,10-12,14H2,1-2H3. The molecule has 0 aromatic heterocycles. The first kappa shape index (κ1) is 17.6. The van der Waals surface area contributed by atoms with Gasteiger partial charge in [0.25, 0.3) is 0 Å². The van der Waals surface area contributed by atoms with Gasteiger partial charge in [-0.05, 0) is 49.1 Å². The third-order valence-electron chi connectivity index (χ3n) is 4.77. The van der Waals surface area contributed by atoms with E-state index >= 15 is 0 Å². The van der Waals surface area contributed by atoms with Crippen LogP contribution in [0.5, 0.6) is 0 Å². The van der Waals surface area contributed by atoms with Crippen LogP contribution in [0.1, 0.15) is 34.8 Å². The van der Waals surface area contributed by atoms with Crippen molar-refractivity contribution in [2.75, 3.05) is 19.7 Å². The number of nitrogens with zero attached hydrogens (tertiary/aromatic N) is 1. The molecule has 0 saturated carbocycles. The second kappa shape index (κ2) is 7.79. The summed E-state index contributed by atoms with van der Waals surface area (Å²) in [5, 5.41) is 0. The Morgan fingerprint density at radius 1 is 1.20 bits per heavy atom. The Kier molecular flexibility index (Phi) is 5.49. The number of carbonyl (C=O) groups excluding carboxylic acids is 1. The molecule has 132 valence electrons. The lowest BCUT2D eigenvalue weighted by Gasteiger charge is -2.33. The molecule has 1 saturated heterocycles. The van der Waals surface area contributed by atoms with Gasteiger partial charge in [-0.15, -0.1) is 0 Å². The number of ether oxygens (including phenoxy) is 1. The zero-order valence-corrected chi connectivity index (χ0v) is 14.8. The summed E-state index contributed by atoms with van der Waals surface area (Å²) in [7, 11) is 0. The highest BCUT2D eigenvalue weighted by Crippen LogP contribution is 2.23. The van der Waals surface area contributed by atoms with Gasteiger partial charge >= 0.3 is 0 Å². The Morgan fingerprint density at radius 3 is 2.68 bits per heavy atom. The molecule has 25 heavy (non-hydrogen) atoms. The lowest BCUT2D eigenvalue weighted by Crippen LogP contribution is -2.42. The van der Waals surface area contributed by atoms with Crippen LogP contribution in [-0.2, 0) is 16.0 Å². The maximum atomic E-state index is 13.1. The molecule has 0 spiro atoms. The molecule has 0 radical (unpaired) electrons. The van der Waals surface area contributed by atoms with E-state index in [4.69, 9.17) is 4.74 Å². The second-order valence-corrected chi connectivity index (χ2v) is 6.68. The van der Waals surface area contributed by atoms with Crippen molar-refractivity contribution in [1.82, 2.24) is 4.90 Å². The summed E-state index contributed by atoms with van der Waals surface area (Å²) in [4.78, 5) is 14.5. The third kappa shape index (κ3) is 4.45. The lowest BCUT2D eigenvalue weighted by atomic mass is 10.0. The van der Waals surface area contributed by atoms with Gasteiger partial charge in [-0.1, -0.05) is 35.9 Å². The molecule has 1 amide bonds. The molecule has 1 aliphatic heterocycles. The molecule has 1 heterocycles. The summed E-state index contributed by atoms with van der Waals surface area (Å²) in [6.07, 6.45) is 1.07. The zero-order chi connectivity index (χ0) is 17.8. The fourth-order valence-electron chi connectivity index (χ4n) is 3.28. The van der Waals surface area contributed by atoms with Crippen LogP contribution in [-0.4, -0.2) is 30.5 Å². The average Bonchev–Trinajstić information content (AvgIpc) is 2.61. The van der Waals surface area contributed by atoms with Crippen LogP contribution in [0.3, 0.4) is 0 Å². The van der Waals surface area contributed by atoms with Crippen LogP contribution in [0.4, 0.5) is 4.39 Å². The molecule has 1 aliphatic rings. The SMILES string of the molecule is Cc1ccc(CCC(=O)N2CCOC(c3ccc(F)cc3)C2)c(C)c1. The lowest BCUT2D eigenvalue weighted by molar-refractivity contribution is -0.139. The average molecular weight is 341 g/mol. The van der Waals surface area contributed by atoms with E-state index in [1.807, 2.05) is 4.90 Å². The van der Waals surface area contributed by atoms with Crippen molar-refractivity contribution in [2.24, 2.45) is 0 Å². The van der Waals surface area contributed by atoms with Gasteiger partial charge in [-0.25, -0.2) is 4.39 Å². The van der Waals surface area contributed by atoms with E-state index in [0.29, 0.717) is 26.1 Å². The van der Waals surface area contributed by atoms with Gasteiger partial charge in [0.1, 0.15) is 11.9 Å². The summed E-state index contributed by atoms with van der Waals surface area (Å²) in [5.41, 5.74) is 4.61. The smallest absolute Gasteiger partial charge is 0.223 e. The van der Waals surface area contributed by atoms with Crippen LogP contribution in [0, 0.1) is 19.7 Å². The van der Waals surface area contributed by atoms with E-state index in [2.05, 4.69) is 32.0 Å². The molecule has 3 nitrogen and oxygen atoms in total. The highest BCUT2D eigenvalue weighted by molar-refractivity contribution is 5.76. The quantitative estimate of drug-likeness (QED) is 0.842. The van der Waals surface area contributed by atoms with E-state index in [1.54, 1.807) is 12.1 Å². The molecule has 1 atom stereocenters. The van der Waals surface area contributed by atoms with Crippen molar-refractivity contribution in [3.05, 3.63) is 70.5 Å². The number of carbonyl (C=O) groups is 1. The molecule has 0 aliphatic carbocycles. The summed E-state index contributed by atoms with van der Waals surface area (Å²) in [6.45, 7) is 5.81. The van der Waals surface area contributed by atoms with Crippen LogP contribution in [0.15, 0.2) is 42.5 Å². The molecule has 0 bridgehead atoms. The minimum atomic E-state index is -0.263. The molecule has 2 aromatic carbocycles. The molecule has 2 aromatic rings. The number of hydrogen-bond acceptors (Lipinski definition) is 2. The Labute approximate surface area is 148 Å². The summed E-state index contributed by atoms with van der Waals surface area (Å²) in [5.74, 6) is -0.114. The van der Waals surface area contributed by atoms with Gasteiger partial charge < -0.3 is 9.64 Å². The minimum Gasteiger partial charge on any atom is -0.370 e. The van der Waals surface area contributed by atoms with Crippen molar-refractivity contribution in [2.45, 2.75) is 32.8 Å². The van der Waals surface area contributed by atoms with Gasteiger partial charge in [-0.3, -0.25) is 4.79 Å². The van der Waals surface area contributed by atoms with E-state index in [1.165, 1.54) is 28.8 Å². The largest absolute Gasteiger partial charge is 0.370 e. The predicted octanol–water partition coefficient (Wildman–Crippen LogP) is 3.98. The number of halogens is 1. The number of benzene rings is 2. The van der Waals surface area contributed by atoms with Crippen LogP contribution >= 0.6 is 0 Å². The van der Waals surface area contributed by atoms with E-state index in [0.717, 1.165) is 12.0 Å². The second-order valence-electron chi connectivity index (χ2n) is 6.68. The first-order chi connectivity index (χ1) is 12.0. The fraction of sp³-hybridized carbons (Fsp3) is 0.381. The fourth-order valence-corrected chi connectivity index (χ4v) is 3.28. The minimum absolute atomic E-state index is 0.149. The number of hydrogen-bond donors (Lipinski definition) is 0. The van der Waals surface area contributed by atoms with Gasteiger partial charge in [0, 0.05) is 13.0 Å². The summed E-state index contributed by atoms with van der Waals surface area (Å²) < 4.78 is 18.8. The van der Waals surface area contributed by atoms with Crippen molar-refractivity contribution >= 4 is 5.91 Å². The Balaban J connectivity index is 1.59. The van der Waals surface area contributed by atoms with Gasteiger partial charge in [0.05, 0.1) is 13.2 Å². The topological polar surface area (TPSA) is 29.5 Å². The van der Waals surface area contributed by atoms with E-state index in [9.17, 15) is 9.18 Å². The molecule has 1 fully saturated rings. The van der Waals surface area contributed by atoms with Crippen molar-refractivity contribution in [3.8, 4) is 0 Å². The first-order valence-electron chi connectivity index (χ1n) is 8.74. The maximum Gasteiger partial charge on any atom is 0.223 e. The number of amides is 1. The van der Waals surface area contributed by atoms with Crippen molar-refractivity contribution < 1.29 is 13.9 Å². The maximum absolute atomic E-state index is 13.1. The number of aryl methyl sites for hydroxylation is 3. The molecule has 1 unspecified atom stereocenters. The molecular weight excluding hydrogens is 317 g/mol. The molecule has 0 N–H and O–H groups in total.